The van der Waals surface area contributed by atoms with Gasteiger partial charge in [0.1, 0.15) is 0 Å². The molecular formula is C7H9IMg. The third kappa shape index (κ3) is 3.42. The van der Waals surface area contributed by atoms with Crippen LogP contribution < -0.4 is 0 Å². The highest BCUT2D eigenvalue weighted by Gasteiger charge is 1.81. The molecule has 1 aromatic carbocycles. The lowest BCUT2D eigenvalue weighted by Crippen LogP contribution is -1.70. The standard InChI is InChI=1S/C7H7I.Mg.2H/c8-6-7-4-2-1-3-5-7;;;/h1-5H,6H2;;;. The Balaban J connectivity index is 0.000000640. The van der Waals surface area contributed by atoms with E-state index < -0.39 is 0 Å². The molecule has 0 aliphatic carbocycles. The zero-order valence-electron chi connectivity index (χ0n) is 4.47. The minimum absolute atomic E-state index is 0. The van der Waals surface area contributed by atoms with Crippen molar-refractivity contribution in [2.24, 2.45) is 0 Å². The summed E-state index contributed by atoms with van der Waals surface area (Å²) in [5.74, 6) is 0. The van der Waals surface area contributed by atoms with Crippen LogP contribution in [0.3, 0.4) is 0 Å². The first-order valence-corrected chi connectivity index (χ1v) is 4.06. The van der Waals surface area contributed by atoms with Gasteiger partial charge in [0.15, 0.2) is 0 Å². The number of hydrogen-bond acceptors (Lipinski definition) is 0. The molecule has 0 aliphatic rings. The first-order valence-electron chi connectivity index (χ1n) is 2.53. The van der Waals surface area contributed by atoms with E-state index in [1.807, 2.05) is 6.07 Å². The minimum atomic E-state index is 0. The predicted molar refractivity (Wildman–Crippen MR) is 52.7 cm³/mol. The molecule has 0 spiro atoms. The van der Waals surface area contributed by atoms with Crippen LogP contribution in [0.25, 0.3) is 0 Å². The second kappa shape index (κ2) is 5.50. The van der Waals surface area contributed by atoms with Crippen molar-refractivity contribution < 1.29 is 0 Å². The van der Waals surface area contributed by atoms with Crippen molar-refractivity contribution in [3.05, 3.63) is 35.9 Å². The molecule has 0 bridgehead atoms. The smallest absolute Gasteiger partial charge is 0.0812 e. The van der Waals surface area contributed by atoms with Gasteiger partial charge in [0.25, 0.3) is 0 Å². The fourth-order valence-corrected chi connectivity index (χ4v) is 1.08. The van der Waals surface area contributed by atoms with Crippen LogP contribution in [0.5, 0.6) is 0 Å². The molecule has 0 fully saturated rings. The Morgan fingerprint density at radius 3 is 2.00 bits per heavy atom. The van der Waals surface area contributed by atoms with Gasteiger partial charge in [-0.25, -0.2) is 0 Å². The van der Waals surface area contributed by atoms with Gasteiger partial charge in [-0.15, -0.1) is 0 Å². The Bertz CT molecular complexity index is 150. The number of hydrogen-bond donors (Lipinski definition) is 0. The average molecular weight is 244 g/mol. The second-order valence-electron chi connectivity index (χ2n) is 1.62. The SMILES string of the molecule is ICc1ccccc1.[MgH2]. The molecule has 0 saturated heterocycles. The maximum absolute atomic E-state index is 2.35. The molecule has 2 heteroatoms. The van der Waals surface area contributed by atoms with Crippen molar-refractivity contribution in [2.45, 2.75) is 4.43 Å². The van der Waals surface area contributed by atoms with Gasteiger partial charge in [-0.05, 0) is 5.56 Å². The molecule has 0 unspecified atom stereocenters. The molecule has 0 N–H and O–H groups in total. The highest BCUT2D eigenvalue weighted by molar-refractivity contribution is 14.1. The lowest BCUT2D eigenvalue weighted by molar-refractivity contribution is 1.46. The van der Waals surface area contributed by atoms with Crippen LogP contribution in [0.1, 0.15) is 5.56 Å². The highest BCUT2D eigenvalue weighted by Crippen LogP contribution is 2.02. The number of halogens is 1. The summed E-state index contributed by atoms with van der Waals surface area (Å²) in [7, 11) is 0. The van der Waals surface area contributed by atoms with E-state index in [9.17, 15) is 0 Å². The van der Waals surface area contributed by atoms with E-state index in [0.29, 0.717) is 0 Å². The van der Waals surface area contributed by atoms with Gasteiger partial charge in [-0.3, -0.25) is 0 Å². The summed E-state index contributed by atoms with van der Waals surface area (Å²) in [6.07, 6.45) is 0. The molecule has 0 aliphatic heterocycles. The van der Waals surface area contributed by atoms with Gasteiger partial charge in [0.2, 0.25) is 0 Å². The van der Waals surface area contributed by atoms with Crippen molar-refractivity contribution >= 4 is 45.6 Å². The fourth-order valence-electron chi connectivity index (χ4n) is 0.567. The third-order valence-corrected chi connectivity index (χ3v) is 1.88. The van der Waals surface area contributed by atoms with E-state index in [1.165, 1.54) is 5.56 Å². The minimum Gasteiger partial charge on any atom is -0.0812 e. The van der Waals surface area contributed by atoms with Crippen LogP contribution in [0, 0.1) is 0 Å². The third-order valence-electron chi connectivity index (χ3n) is 0.997. The Hall–Kier alpha value is 0.716. The zero-order valence-corrected chi connectivity index (χ0v) is 6.63. The number of benzene rings is 1. The summed E-state index contributed by atoms with van der Waals surface area (Å²) in [5, 5.41) is 0. The van der Waals surface area contributed by atoms with Gasteiger partial charge in [-0.1, -0.05) is 52.9 Å². The lowest BCUT2D eigenvalue weighted by Gasteiger charge is -1.88. The van der Waals surface area contributed by atoms with Gasteiger partial charge in [0, 0.05) is 4.43 Å². The fraction of sp³-hybridized carbons (Fsp3) is 0.143. The van der Waals surface area contributed by atoms with Crippen LogP contribution in [-0.2, 0) is 4.43 Å². The van der Waals surface area contributed by atoms with E-state index in [1.54, 1.807) is 0 Å². The van der Waals surface area contributed by atoms with Gasteiger partial charge < -0.3 is 0 Å². The summed E-state index contributed by atoms with van der Waals surface area (Å²) in [5.41, 5.74) is 1.40. The van der Waals surface area contributed by atoms with Crippen LogP contribution in [0.15, 0.2) is 30.3 Å². The topological polar surface area (TPSA) is 0 Å². The zero-order chi connectivity index (χ0) is 5.82. The normalized spacial score (nSPS) is 8.11. The Morgan fingerprint density at radius 2 is 1.67 bits per heavy atom. The molecule has 0 saturated carbocycles. The molecular weight excluding hydrogens is 235 g/mol. The first kappa shape index (κ1) is 9.72. The van der Waals surface area contributed by atoms with Crippen molar-refractivity contribution in [1.29, 1.82) is 0 Å². The predicted octanol–water partition coefficient (Wildman–Crippen LogP) is 1.71. The van der Waals surface area contributed by atoms with Gasteiger partial charge in [-0.2, -0.15) is 0 Å². The molecule has 1 aromatic rings. The Labute approximate surface area is 85.3 Å². The number of alkyl halides is 1. The Morgan fingerprint density at radius 1 is 1.11 bits per heavy atom. The van der Waals surface area contributed by atoms with E-state index in [4.69, 9.17) is 0 Å². The van der Waals surface area contributed by atoms with Crippen LogP contribution in [0.2, 0.25) is 0 Å². The second-order valence-corrected chi connectivity index (χ2v) is 2.38. The molecule has 0 nitrogen and oxygen atoms in total. The summed E-state index contributed by atoms with van der Waals surface area (Å²) in [4.78, 5) is 0. The monoisotopic (exact) mass is 244 g/mol. The molecule has 1 rings (SSSR count). The quantitative estimate of drug-likeness (QED) is 0.401. The summed E-state index contributed by atoms with van der Waals surface area (Å²) >= 11 is 2.35. The summed E-state index contributed by atoms with van der Waals surface area (Å²) in [6, 6.07) is 10.4. The lowest BCUT2D eigenvalue weighted by atomic mass is 10.2. The van der Waals surface area contributed by atoms with Crippen LogP contribution >= 0.6 is 22.6 Å². The van der Waals surface area contributed by atoms with E-state index in [2.05, 4.69) is 46.9 Å². The van der Waals surface area contributed by atoms with Crippen LogP contribution in [-0.4, -0.2) is 23.1 Å². The summed E-state index contributed by atoms with van der Waals surface area (Å²) in [6.45, 7) is 0. The highest BCUT2D eigenvalue weighted by atomic mass is 127. The van der Waals surface area contributed by atoms with Crippen molar-refractivity contribution in [1.82, 2.24) is 0 Å². The maximum atomic E-state index is 2.35. The summed E-state index contributed by atoms with van der Waals surface area (Å²) < 4.78 is 1.11. The molecule has 0 amide bonds. The molecule has 0 atom stereocenters. The van der Waals surface area contributed by atoms with E-state index >= 15 is 0 Å². The molecule has 46 valence electrons. The molecule has 0 radical (unpaired) electrons. The largest absolute Gasteiger partial charge is 0.316 e. The maximum Gasteiger partial charge on any atom is 0.316 e. The van der Waals surface area contributed by atoms with Gasteiger partial charge >= 0.3 is 23.1 Å². The Kier molecular flexibility index (Phi) is 5.93. The van der Waals surface area contributed by atoms with Crippen molar-refractivity contribution in [3.63, 3.8) is 0 Å². The van der Waals surface area contributed by atoms with Gasteiger partial charge in [0.05, 0.1) is 0 Å². The van der Waals surface area contributed by atoms with E-state index in [-0.39, 0.29) is 23.1 Å². The molecule has 0 aromatic heterocycles. The van der Waals surface area contributed by atoms with E-state index in [0.717, 1.165) is 4.43 Å². The number of rotatable bonds is 1. The molecule has 9 heavy (non-hydrogen) atoms. The van der Waals surface area contributed by atoms with Crippen molar-refractivity contribution in [3.8, 4) is 0 Å². The van der Waals surface area contributed by atoms with Crippen LogP contribution in [0.4, 0.5) is 0 Å². The van der Waals surface area contributed by atoms with Crippen molar-refractivity contribution in [2.75, 3.05) is 0 Å². The first-order chi connectivity index (χ1) is 3.93. The average Bonchev–Trinajstić information content (AvgIpc) is 1.90. The molecule has 0 heterocycles.